The summed E-state index contributed by atoms with van der Waals surface area (Å²) in [6, 6.07) is 19.1. The van der Waals surface area contributed by atoms with Crippen LogP contribution < -0.4 is 0 Å². The van der Waals surface area contributed by atoms with Gasteiger partial charge in [-0.15, -0.1) is 0 Å². The molecule has 0 aliphatic carbocycles. The second-order valence-electron chi connectivity index (χ2n) is 6.19. The van der Waals surface area contributed by atoms with Crippen molar-refractivity contribution in [1.29, 1.82) is 0 Å². The van der Waals surface area contributed by atoms with Gasteiger partial charge >= 0.3 is 0 Å². The van der Waals surface area contributed by atoms with Crippen LogP contribution in [0, 0.1) is 0 Å². The zero-order chi connectivity index (χ0) is 16.4. The van der Waals surface area contributed by atoms with E-state index in [0.717, 1.165) is 16.3 Å². The molecule has 0 bridgehead atoms. The fourth-order valence-corrected chi connectivity index (χ4v) is 2.93. The average Bonchev–Trinajstić information content (AvgIpc) is 2.57. The van der Waals surface area contributed by atoms with Crippen molar-refractivity contribution in [2.24, 2.45) is 10.2 Å². The lowest BCUT2D eigenvalue weighted by molar-refractivity contribution is 0.00482. The number of hydrogen-bond acceptors (Lipinski definition) is 3. The van der Waals surface area contributed by atoms with Crippen LogP contribution >= 0.6 is 0 Å². The standard InChI is InChI=1S/C20H22N2O/c1-14(2)21-22-20(3,23-4)19-17-11-7-5-9-15(17)13-16-10-6-8-12-18(16)19/h5-14H,1-4H3/b22-21+. The Hall–Kier alpha value is -2.26. The third-order valence-electron chi connectivity index (χ3n) is 4.11. The highest BCUT2D eigenvalue weighted by Gasteiger charge is 2.30. The van der Waals surface area contributed by atoms with Gasteiger partial charge < -0.3 is 4.74 Å². The van der Waals surface area contributed by atoms with E-state index in [1.54, 1.807) is 7.11 Å². The van der Waals surface area contributed by atoms with Crippen LogP contribution in [0.2, 0.25) is 0 Å². The van der Waals surface area contributed by atoms with Crippen molar-refractivity contribution >= 4 is 21.5 Å². The van der Waals surface area contributed by atoms with Crippen LogP contribution in [-0.2, 0) is 10.5 Å². The Morgan fingerprint density at radius 1 is 0.913 bits per heavy atom. The van der Waals surface area contributed by atoms with Crippen molar-refractivity contribution < 1.29 is 4.74 Å². The van der Waals surface area contributed by atoms with E-state index in [2.05, 4.69) is 64.8 Å². The van der Waals surface area contributed by atoms with Gasteiger partial charge in [-0.05, 0) is 48.4 Å². The molecule has 0 heterocycles. The SMILES string of the molecule is COC(C)(/N=N/C(C)C)c1c2ccccc2cc2ccccc12. The van der Waals surface area contributed by atoms with Gasteiger partial charge in [-0.3, -0.25) is 0 Å². The second-order valence-corrected chi connectivity index (χ2v) is 6.19. The van der Waals surface area contributed by atoms with E-state index >= 15 is 0 Å². The molecule has 0 aliphatic heterocycles. The highest BCUT2D eigenvalue weighted by atomic mass is 16.5. The molecule has 3 aromatic carbocycles. The molecule has 118 valence electrons. The summed E-state index contributed by atoms with van der Waals surface area (Å²) in [6.45, 7) is 6.01. The number of fused-ring (bicyclic) bond motifs is 2. The molecule has 1 atom stereocenters. The third-order valence-corrected chi connectivity index (χ3v) is 4.11. The van der Waals surface area contributed by atoms with Crippen molar-refractivity contribution in [3.05, 3.63) is 60.2 Å². The lowest BCUT2D eigenvalue weighted by atomic mass is 9.91. The van der Waals surface area contributed by atoms with Crippen LogP contribution in [0.1, 0.15) is 26.3 Å². The maximum atomic E-state index is 5.83. The first-order chi connectivity index (χ1) is 11.0. The summed E-state index contributed by atoms with van der Waals surface area (Å²) in [7, 11) is 1.69. The molecule has 0 radical (unpaired) electrons. The van der Waals surface area contributed by atoms with Gasteiger partial charge in [0.15, 0.2) is 0 Å². The Bertz CT molecular complexity index is 816. The Morgan fingerprint density at radius 3 is 1.91 bits per heavy atom. The number of nitrogens with zero attached hydrogens (tertiary/aromatic N) is 2. The molecule has 0 saturated heterocycles. The van der Waals surface area contributed by atoms with Gasteiger partial charge in [0.05, 0.1) is 6.04 Å². The van der Waals surface area contributed by atoms with Crippen molar-refractivity contribution in [1.82, 2.24) is 0 Å². The normalized spacial score (nSPS) is 14.8. The summed E-state index contributed by atoms with van der Waals surface area (Å²) in [5.74, 6) is 0. The van der Waals surface area contributed by atoms with E-state index in [0.29, 0.717) is 0 Å². The minimum absolute atomic E-state index is 0.130. The predicted molar refractivity (Wildman–Crippen MR) is 95.8 cm³/mol. The van der Waals surface area contributed by atoms with Crippen LogP contribution in [0.25, 0.3) is 21.5 Å². The Morgan fingerprint density at radius 2 is 1.43 bits per heavy atom. The van der Waals surface area contributed by atoms with Crippen LogP contribution in [0.3, 0.4) is 0 Å². The first kappa shape index (κ1) is 15.6. The molecule has 3 aromatic rings. The maximum Gasteiger partial charge on any atom is 0.202 e. The van der Waals surface area contributed by atoms with E-state index < -0.39 is 5.72 Å². The monoisotopic (exact) mass is 306 g/mol. The minimum Gasteiger partial charge on any atom is -0.352 e. The zero-order valence-corrected chi connectivity index (χ0v) is 14.1. The van der Waals surface area contributed by atoms with E-state index in [1.165, 1.54) is 10.8 Å². The van der Waals surface area contributed by atoms with Gasteiger partial charge in [0.2, 0.25) is 5.72 Å². The summed E-state index contributed by atoms with van der Waals surface area (Å²) in [5, 5.41) is 13.6. The minimum atomic E-state index is -0.815. The summed E-state index contributed by atoms with van der Waals surface area (Å²) in [5.41, 5.74) is 0.253. The number of methoxy groups -OCH3 is 1. The van der Waals surface area contributed by atoms with E-state index in [-0.39, 0.29) is 6.04 Å². The summed E-state index contributed by atoms with van der Waals surface area (Å²) in [4.78, 5) is 0. The zero-order valence-electron chi connectivity index (χ0n) is 14.1. The first-order valence-corrected chi connectivity index (χ1v) is 7.93. The Kier molecular flexibility index (Phi) is 4.14. The lowest BCUT2D eigenvalue weighted by Gasteiger charge is -2.26. The van der Waals surface area contributed by atoms with Crippen LogP contribution in [0.4, 0.5) is 0 Å². The quantitative estimate of drug-likeness (QED) is 0.451. The molecule has 3 heteroatoms. The van der Waals surface area contributed by atoms with Gasteiger partial charge in [0, 0.05) is 12.7 Å². The van der Waals surface area contributed by atoms with Gasteiger partial charge in [-0.25, -0.2) is 0 Å². The molecule has 0 saturated carbocycles. The fourth-order valence-electron chi connectivity index (χ4n) is 2.93. The smallest absolute Gasteiger partial charge is 0.202 e. The number of benzene rings is 3. The van der Waals surface area contributed by atoms with Crippen molar-refractivity contribution in [3.8, 4) is 0 Å². The van der Waals surface area contributed by atoms with E-state index in [1.807, 2.05) is 20.8 Å². The molecule has 3 nitrogen and oxygen atoms in total. The van der Waals surface area contributed by atoms with Gasteiger partial charge in [0.25, 0.3) is 0 Å². The molecule has 23 heavy (non-hydrogen) atoms. The van der Waals surface area contributed by atoms with E-state index in [4.69, 9.17) is 4.74 Å². The molecule has 0 fully saturated rings. The first-order valence-electron chi connectivity index (χ1n) is 7.93. The molecule has 0 N–H and O–H groups in total. The fraction of sp³-hybridized carbons (Fsp3) is 0.300. The van der Waals surface area contributed by atoms with Crippen LogP contribution in [0.15, 0.2) is 64.8 Å². The lowest BCUT2D eigenvalue weighted by Crippen LogP contribution is -2.22. The van der Waals surface area contributed by atoms with Gasteiger partial charge in [-0.1, -0.05) is 48.5 Å². The largest absolute Gasteiger partial charge is 0.352 e. The molecular weight excluding hydrogens is 284 g/mol. The molecular formula is C20H22N2O. The highest BCUT2D eigenvalue weighted by Crippen LogP contribution is 2.38. The van der Waals surface area contributed by atoms with Gasteiger partial charge in [-0.2, -0.15) is 10.2 Å². The summed E-state index contributed by atoms with van der Waals surface area (Å²) < 4.78 is 5.83. The van der Waals surface area contributed by atoms with Crippen LogP contribution in [0.5, 0.6) is 0 Å². The molecule has 1 unspecified atom stereocenters. The predicted octanol–water partition coefficient (Wildman–Crippen LogP) is 5.67. The third kappa shape index (κ3) is 2.84. The van der Waals surface area contributed by atoms with Gasteiger partial charge in [0.1, 0.15) is 0 Å². The Labute approximate surface area is 137 Å². The molecule has 0 aromatic heterocycles. The number of azo groups is 1. The number of rotatable bonds is 4. The highest BCUT2D eigenvalue weighted by molar-refractivity contribution is 6.02. The van der Waals surface area contributed by atoms with Crippen molar-refractivity contribution in [2.75, 3.05) is 7.11 Å². The topological polar surface area (TPSA) is 34.0 Å². The average molecular weight is 306 g/mol. The number of ether oxygens (including phenoxy) is 1. The molecule has 0 aliphatic rings. The van der Waals surface area contributed by atoms with Crippen LogP contribution in [-0.4, -0.2) is 13.2 Å². The summed E-state index contributed by atoms with van der Waals surface area (Å²) in [6.07, 6.45) is 0. The molecule has 3 rings (SSSR count). The number of hydrogen-bond donors (Lipinski definition) is 0. The maximum absolute atomic E-state index is 5.83. The molecule has 0 amide bonds. The summed E-state index contributed by atoms with van der Waals surface area (Å²) >= 11 is 0. The van der Waals surface area contributed by atoms with Crippen molar-refractivity contribution in [2.45, 2.75) is 32.5 Å². The van der Waals surface area contributed by atoms with Crippen molar-refractivity contribution in [3.63, 3.8) is 0 Å². The Balaban J connectivity index is 2.40. The second kappa shape index (κ2) is 6.09. The molecule has 0 spiro atoms. The van der Waals surface area contributed by atoms with E-state index in [9.17, 15) is 0 Å².